The molecule has 0 N–H and O–H groups in total. The van der Waals surface area contributed by atoms with E-state index < -0.39 is 0 Å². The van der Waals surface area contributed by atoms with Crippen molar-refractivity contribution in [2.75, 3.05) is 17.2 Å². The molecule has 0 atom stereocenters. The molecule has 7 heteroatoms. The number of fused-ring (bicyclic) bond motifs is 1. The third kappa shape index (κ3) is 3.29. The molecule has 0 spiro atoms. The summed E-state index contributed by atoms with van der Waals surface area (Å²) in [6, 6.07) is 6.24. The van der Waals surface area contributed by atoms with Crippen LogP contribution in [-0.4, -0.2) is 33.2 Å². The van der Waals surface area contributed by atoms with Gasteiger partial charge in [-0.3, -0.25) is 14.8 Å². The van der Waals surface area contributed by atoms with Crippen molar-refractivity contribution in [1.29, 1.82) is 0 Å². The van der Waals surface area contributed by atoms with Gasteiger partial charge in [0.2, 0.25) is 0 Å². The number of hydrogen-bond donors (Lipinski definition) is 0. The molecule has 0 radical (unpaired) electrons. The summed E-state index contributed by atoms with van der Waals surface area (Å²) in [4.78, 5) is 28.9. The van der Waals surface area contributed by atoms with E-state index in [2.05, 4.69) is 34.0 Å². The van der Waals surface area contributed by atoms with Gasteiger partial charge in [0.25, 0.3) is 5.91 Å². The molecule has 3 aromatic rings. The number of thiazole rings is 1. The highest BCUT2D eigenvalue weighted by Crippen LogP contribution is 2.35. The van der Waals surface area contributed by atoms with Crippen LogP contribution in [0, 0.1) is 6.92 Å². The lowest BCUT2D eigenvalue weighted by molar-refractivity contribution is 0.0982. The van der Waals surface area contributed by atoms with Crippen LogP contribution in [0.3, 0.4) is 0 Å². The fourth-order valence-corrected chi connectivity index (χ4v) is 4.58. The van der Waals surface area contributed by atoms with Crippen LogP contribution in [0.2, 0.25) is 0 Å². The highest BCUT2D eigenvalue weighted by atomic mass is 32.2. The lowest BCUT2D eigenvalue weighted by Crippen LogP contribution is -2.32. The third-order valence-electron chi connectivity index (χ3n) is 3.94. The Balaban J connectivity index is 1.66. The van der Waals surface area contributed by atoms with Crippen LogP contribution in [-0.2, 0) is 0 Å². The minimum Gasteiger partial charge on any atom is -0.306 e. The van der Waals surface area contributed by atoms with E-state index in [4.69, 9.17) is 0 Å². The number of rotatable bonds is 2. The lowest BCUT2D eigenvalue weighted by Gasteiger charge is -2.21. The molecule has 0 fully saturated rings. The molecule has 1 aliphatic heterocycles. The Morgan fingerprint density at radius 1 is 1.28 bits per heavy atom. The van der Waals surface area contributed by atoms with Gasteiger partial charge in [-0.1, -0.05) is 6.07 Å². The van der Waals surface area contributed by atoms with Crippen molar-refractivity contribution in [3.05, 3.63) is 53.4 Å². The highest BCUT2D eigenvalue weighted by molar-refractivity contribution is 7.99. The second kappa shape index (κ2) is 6.93. The molecule has 25 heavy (non-hydrogen) atoms. The van der Waals surface area contributed by atoms with Crippen molar-refractivity contribution in [2.45, 2.75) is 18.2 Å². The van der Waals surface area contributed by atoms with Gasteiger partial charge >= 0.3 is 0 Å². The lowest BCUT2D eigenvalue weighted by atomic mass is 10.2. The summed E-state index contributed by atoms with van der Waals surface area (Å²) in [7, 11) is 0. The summed E-state index contributed by atoms with van der Waals surface area (Å²) in [5.74, 6) is 0.960. The zero-order chi connectivity index (χ0) is 17.2. The van der Waals surface area contributed by atoms with E-state index >= 15 is 0 Å². The SMILES string of the molecule is Cc1ccc2c(c1)SCCCN2C(=O)c1csc(-c2cnccn2)n1. The van der Waals surface area contributed by atoms with Gasteiger partial charge in [-0.25, -0.2) is 4.98 Å². The molecule has 5 nitrogen and oxygen atoms in total. The van der Waals surface area contributed by atoms with Crippen molar-refractivity contribution in [3.63, 3.8) is 0 Å². The first-order chi connectivity index (χ1) is 12.2. The van der Waals surface area contributed by atoms with Crippen molar-refractivity contribution in [1.82, 2.24) is 15.0 Å². The molecule has 0 unspecified atom stereocenters. The number of aromatic nitrogens is 3. The number of thioether (sulfide) groups is 1. The van der Waals surface area contributed by atoms with Crippen molar-refractivity contribution in [3.8, 4) is 10.7 Å². The summed E-state index contributed by atoms with van der Waals surface area (Å²) in [6.07, 6.45) is 5.87. The molecule has 3 heterocycles. The van der Waals surface area contributed by atoms with Crippen LogP contribution in [0.5, 0.6) is 0 Å². The number of hydrogen-bond acceptors (Lipinski definition) is 6. The number of benzene rings is 1. The third-order valence-corrected chi connectivity index (χ3v) is 5.94. The number of amides is 1. The average molecular weight is 368 g/mol. The van der Waals surface area contributed by atoms with Gasteiger partial charge in [-0.2, -0.15) is 0 Å². The number of carbonyl (C=O) groups is 1. The molecule has 1 aromatic carbocycles. The summed E-state index contributed by atoms with van der Waals surface area (Å²) in [5.41, 5.74) is 3.34. The monoisotopic (exact) mass is 368 g/mol. The van der Waals surface area contributed by atoms with Crippen LogP contribution >= 0.6 is 23.1 Å². The van der Waals surface area contributed by atoms with E-state index in [1.54, 1.807) is 24.0 Å². The second-order valence-corrected chi connectivity index (χ2v) is 7.75. The minimum absolute atomic E-state index is 0.0565. The summed E-state index contributed by atoms with van der Waals surface area (Å²) >= 11 is 3.23. The van der Waals surface area contributed by atoms with Crippen LogP contribution < -0.4 is 4.90 Å². The molecular weight excluding hydrogens is 352 g/mol. The Morgan fingerprint density at radius 2 is 2.20 bits per heavy atom. The van der Waals surface area contributed by atoms with Gasteiger partial charge in [-0.15, -0.1) is 23.1 Å². The fourth-order valence-electron chi connectivity index (χ4n) is 2.73. The van der Waals surface area contributed by atoms with E-state index in [1.807, 2.05) is 22.7 Å². The molecule has 1 amide bonds. The number of aryl methyl sites for hydroxylation is 1. The standard InChI is InChI=1S/C18H16N4OS2/c1-12-3-4-15-16(9-12)24-8-2-7-22(15)18(23)14-11-25-17(21-14)13-10-19-5-6-20-13/h3-6,9-11H,2,7-8H2,1H3. The molecule has 0 saturated heterocycles. The van der Waals surface area contributed by atoms with Gasteiger partial charge in [-0.05, 0) is 36.8 Å². The van der Waals surface area contributed by atoms with Crippen LogP contribution in [0.1, 0.15) is 22.5 Å². The van der Waals surface area contributed by atoms with Crippen molar-refractivity contribution >= 4 is 34.7 Å². The number of nitrogens with zero attached hydrogens (tertiary/aromatic N) is 4. The zero-order valence-electron chi connectivity index (χ0n) is 13.7. The van der Waals surface area contributed by atoms with Crippen molar-refractivity contribution < 1.29 is 4.79 Å². The summed E-state index contributed by atoms with van der Waals surface area (Å²) in [5, 5.41) is 2.52. The first kappa shape index (κ1) is 16.2. The molecule has 0 aliphatic carbocycles. The largest absolute Gasteiger partial charge is 0.306 e. The Hall–Kier alpha value is -2.25. The second-order valence-electron chi connectivity index (χ2n) is 5.76. The number of anilines is 1. The van der Waals surface area contributed by atoms with E-state index in [0.29, 0.717) is 22.9 Å². The van der Waals surface area contributed by atoms with E-state index in [9.17, 15) is 4.79 Å². The van der Waals surface area contributed by atoms with Crippen LogP contribution in [0.15, 0.2) is 47.1 Å². The zero-order valence-corrected chi connectivity index (χ0v) is 15.3. The van der Waals surface area contributed by atoms with Crippen LogP contribution in [0.4, 0.5) is 5.69 Å². The molecule has 2 aromatic heterocycles. The molecule has 0 bridgehead atoms. The molecule has 0 saturated carbocycles. The first-order valence-corrected chi connectivity index (χ1v) is 9.86. The van der Waals surface area contributed by atoms with Gasteiger partial charge in [0.1, 0.15) is 16.4 Å². The maximum atomic E-state index is 13.1. The normalized spacial score (nSPS) is 14.0. The molecule has 1 aliphatic rings. The molecule has 4 rings (SSSR count). The van der Waals surface area contributed by atoms with Gasteiger partial charge in [0, 0.05) is 29.2 Å². The smallest absolute Gasteiger partial charge is 0.277 e. The quantitative estimate of drug-likeness (QED) is 0.683. The fraction of sp³-hybridized carbons (Fsp3) is 0.222. The maximum Gasteiger partial charge on any atom is 0.277 e. The van der Waals surface area contributed by atoms with E-state index in [0.717, 1.165) is 22.8 Å². The first-order valence-electron chi connectivity index (χ1n) is 7.99. The van der Waals surface area contributed by atoms with Crippen molar-refractivity contribution in [2.24, 2.45) is 0 Å². The van der Waals surface area contributed by atoms with Gasteiger partial charge in [0.05, 0.1) is 11.9 Å². The molecular formula is C18H16N4OS2. The Kier molecular flexibility index (Phi) is 4.50. The topological polar surface area (TPSA) is 59.0 Å². The van der Waals surface area contributed by atoms with E-state index in [-0.39, 0.29) is 5.91 Å². The predicted octanol–water partition coefficient (Wildman–Crippen LogP) is 4.05. The Labute approximate surface area is 154 Å². The summed E-state index contributed by atoms with van der Waals surface area (Å²) < 4.78 is 0. The van der Waals surface area contributed by atoms with E-state index in [1.165, 1.54) is 16.9 Å². The Morgan fingerprint density at radius 3 is 3.04 bits per heavy atom. The maximum absolute atomic E-state index is 13.1. The van der Waals surface area contributed by atoms with Gasteiger partial charge < -0.3 is 4.90 Å². The average Bonchev–Trinajstić information content (AvgIpc) is 3.04. The molecule has 126 valence electrons. The number of carbonyl (C=O) groups excluding carboxylic acids is 1. The predicted molar refractivity (Wildman–Crippen MR) is 101 cm³/mol. The van der Waals surface area contributed by atoms with Gasteiger partial charge in [0.15, 0.2) is 0 Å². The Bertz CT molecular complexity index is 910. The minimum atomic E-state index is -0.0565. The highest BCUT2D eigenvalue weighted by Gasteiger charge is 2.25. The summed E-state index contributed by atoms with van der Waals surface area (Å²) in [6.45, 7) is 2.78. The van der Waals surface area contributed by atoms with Crippen LogP contribution in [0.25, 0.3) is 10.7 Å².